The van der Waals surface area contributed by atoms with Crippen LogP contribution in [0.4, 0.5) is 0 Å². The van der Waals surface area contributed by atoms with E-state index in [1.807, 2.05) is 13.0 Å². The van der Waals surface area contributed by atoms with Gasteiger partial charge in [-0.15, -0.1) is 11.3 Å². The summed E-state index contributed by atoms with van der Waals surface area (Å²) in [6, 6.07) is 8.54. The molecule has 1 heterocycles. The van der Waals surface area contributed by atoms with Gasteiger partial charge in [-0.1, -0.05) is 42.3 Å². The molecule has 0 saturated carbocycles. The van der Waals surface area contributed by atoms with E-state index in [1.54, 1.807) is 24.3 Å². The van der Waals surface area contributed by atoms with Gasteiger partial charge in [0, 0.05) is 11.8 Å². The lowest BCUT2D eigenvalue weighted by Crippen LogP contribution is -2.21. The minimum absolute atomic E-state index is 0.111. The molecule has 114 valence electrons. The number of hydrogen-bond acceptors (Lipinski definition) is 4. The van der Waals surface area contributed by atoms with Gasteiger partial charge in [-0.2, -0.15) is 0 Å². The van der Waals surface area contributed by atoms with Crippen LogP contribution < -0.4 is 5.32 Å². The molecule has 1 atom stereocenters. The Bertz CT molecular complexity index is 724. The summed E-state index contributed by atoms with van der Waals surface area (Å²) in [6.45, 7) is 2.75. The maximum Gasteiger partial charge on any atom is 0.175 e. The van der Waals surface area contributed by atoms with Crippen LogP contribution in [0.3, 0.4) is 0 Å². The zero-order chi connectivity index (χ0) is 15.6. The van der Waals surface area contributed by atoms with Crippen LogP contribution in [0.5, 0.6) is 0 Å². The third-order valence-corrected chi connectivity index (χ3v) is 5.69. The molecule has 0 spiro atoms. The van der Waals surface area contributed by atoms with Gasteiger partial charge in [0.2, 0.25) is 0 Å². The molecule has 0 radical (unpaired) electrons. The van der Waals surface area contributed by atoms with E-state index in [2.05, 4.69) is 5.32 Å². The molecule has 0 aliphatic carbocycles. The van der Waals surface area contributed by atoms with Crippen LogP contribution in [0.2, 0.25) is 8.67 Å². The van der Waals surface area contributed by atoms with Crippen molar-refractivity contribution < 1.29 is 8.42 Å². The van der Waals surface area contributed by atoms with E-state index in [0.717, 1.165) is 17.7 Å². The molecule has 1 N–H and O–H groups in total. The highest BCUT2D eigenvalue weighted by atomic mass is 35.5. The summed E-state index contributed by atoms with van der Waals surface area (Å²) in [4.78, 5) is 0.302. The van der Waals surface area contributed by atoms with Gasteiger partial charge in [0.05, 0.1) is 19.6 Å². The van der Waals surface area contributed by atoms with Crippen LogP contribution in [0.15, 0.2) is 35.2 Å². The number of sulfone groups is 1. The summed E-state index contributed by atoms with van der Waals surface area (Å²) in [7, 11) is -3.19. The van der Waals surface area contributed by atoms with Crippen molar-refractivity contribution in [3.05, 3.63) is 50.1 Å². The van der Waals surface area contributed by atoms with Gasteiger partial charge in [0.1, 0.15) is 0 Å². The average molecular weight is 364 g/mol. The lowest BCUT2D eigenvalue weighted by molar-refractivity contribution is 0.601. The van der Waals surface area contributed by atoms with E-state index >= 15 is 0 Å². The third-order valence-electron chi connectivity index (χ3n) is 3.04. The molecule has 2 rings (SSSR count). The van der Waals surface area contributed by atoms with Gasteiger partial charge in [0.15, 0.2) is 9.84 Å². The Morgan fingerprint density at radius 1 is 1.24 bits per heavy atom. The van der Waals surface area contributed by atoms with E-state index in [-0.39, 0.29) is 6.04 Å². The predicted octanol–water partition coefficient (Wildman–Crippen LogP) is 4.16. The highest BCUT2D eigenvalue weighted by molar-refractivity contribution is 7.90. The van der Waals surface area contributed by atoms with Crippen molar-refractivity contribution in [2.45, 2.75) is 17.9 Å². The Balaban J connectivity index is 2.41. The second-order valence-electron chi connectivity index (χ2n) is 4.61. The van der Waals surface area contributed by atoms with E-state index in [1.165, 1.54) is 17.6 Å². The molecule has 7 heteroatoms. The standard InChI is InChI=1S/C14H15Cl2NO2S2/c1-3-17-13(11-8-12(15)20-14(11)16)9-4-6-10(7-5-9)21(2,18)19/h4-8,13,17H,3H2,1-2H3. The van der Waals surface area contributed by atoms with E-state index < -0.39 is 9.84 Å². The average Bonchev–Trinajstić information content (AvgIpc) is 2.74. The normalized spacial score (nSPS) is 13.3. The number of halogens is 2. The summed E-state index contributed by atoms with van der Waals surface area (Å²) < 4.78 is 24.3. The van der Waals surface area contributed by atoms with Gasteiger partial charge < -0.3 is 5.32 Å². The van der Waals surface area contributed by atoms with Crippen LogP contribution in [-0.4, -0.2) is 21.2 Å². The summed E-state index contributed by atoms with van der Waals surface area (Å²) in [6.07, 6.45) is 1.19. The first-order chi connectivity index (χ1) is 9.82. The molecule has 0 aliphatic heterocycles. The Labute approximate surface area is 138 Å². The molecular weight excluding hydrogens is 349 g/mol. The van der Waals surface area contributed by atoms with Crippen molar-refractivity contribution in [2.24, 2.45) is 0 Å². The molecule has 0 amide bonds. The van der Waals surface area contributed by atoms with Crippen molar-refractivity contribution in [2.75, 3.05) is 12.8 Å². The highest BCUT2D eigenvalue weighted by Crippen LogP contribution is 2.37. The number of thiophene rings is 1. The Morgan fingerprint density at radius 2 is 1.86 bits per heavy atom. The summed E-state index contributed by atoms with van der Waals surface area (Å²) in [5.41, 5.74) is 1.85. The minimum Gasteiger partial charge on any atom is -0.306 e. The summed E-state index contributed by atoms with van der Waals surface area (Å²) in [5, 5.41) is 3.34. The fourth-order valence-corrected chi connectivity index (χ4v) is 4.23. The van der Waals surface area contributed by atoms with Gasteiger partial charge in [-0.25, -0.2) is 8.42 Å². The van der Waals surface area contributed by atoms with Crippen LogP contribution in [0.1, 0.15) is 24.1 Å². The monoisotopic (exact) mass is 363 g/mol. The second-order valence-corrected chi connectivity index (χ2v) is 8.91. The van der Waals surface area contributed by atoms with Crippen molar-refractivity contribution in [3.8, 4) is 0 Å². The smallest absolute Gasteiger partial charge is 0.175 e. The first kappa shape index (κ1) is 16.8. The Hall–Kier alpha value is -0.590. The predicted molar refractivity (Wildman–Crippen MR) is 89.4 cm³/mol. The zero-order valence-corrected chi connectivity index (χ0v) is 14.7. The van der Waals surface area contributed by atoms with E-state index in [9.17, 15) is 8.42 Å². The van der Waals surface area contributed by atoms with Crippen molar-refractivity contribution >= 4 is 44.4 Å². The fraction of sp³-hybridized carbons (Fsp3) is 0.286. The van der Waals surface area contributed by atoms with Gasteiger partial charge in [-0.05, 0) is 30.3 Å². The third kappa shape index (κ3) is 3.99. The van der Waals surface area contributed by atoms with E-state index in [0.29, 0.717) is 13.6 Å². The first-order valence-electron chi connectivity index (χ1n) is 6.31. The molecule has 0 aliphatic rings. The number of benzene rings is 1. The molecule has 1 aromatic heterocycles. The minimum atomic E-state index is -3.19. The zero-order valence-electron chi connectivity index (χ0n) is 11.6. The maximum atomic E-state index is 11.5. The lowest BCUT2D eigenvalue weighted by Gasteiger charge is -2.18. The largest absolute Gasteiger partial charge is 0.306 e. The fourth-order valence-electron chi connectivity index (χ4n) is 2.07. The van der Waals surface area contributed by atoms with Gasteiger partial charge in [-0.3, -0.25) is 0 Å². The highest BCUT2D eigenvalue weighted by Gasteiger charge is 2.19. The first-order valence-corrected chi connectivity index (χ1v) is 9.77. The summed E-state index contributed by atoms with van der Waals surface area (Å²) >= 11 is 13.6. The van der Waals surface area contributed by atoms with Gasteiger partial charge >= 0.3 is 0 Å². The molecule has 1 unspecified atom stereocenters. The quantitative estimate of drug-likeness (QED) is 0.867. The second kappa shape index (κ2) is 6.67. The lowest BCUT2D eigenvalue weighted by atomic mass is 10.0. The molecule has 0 saturated heterocycles. The number of rotatable bonds is 5. The molecule has 1 aromatic carbocycles. The molecular formula is C14H15Cl2NO2S2. The van der Waals surface area contributed by atoms with Crippen molar-refractivity contribution in [1.82, 2.24) is 5.32 Å². The maximum absolute atomic E-state index is 11.5. The van der Waals surface area contributed by atoms with Crippen LogP contribution >= 0.6 is 34.5 Å². The summed E-state index contributed by atoms with van der Waals surface area (Å²) in [5.74, 6) is 0. The molecule has 0 bridgehead atoms. The molecule has 3 nitrogen and oxygen atoms in total. The number of nitrogens with one attached hydrogen (secondary N) is 1. The SMILES string of the molecule is CCNC(c1ccc(S(C)(=O)=O)cc1)c1cc(Cl)sc1Cl. The Kier molecular flexibility index (Phi) is 5.33. The molecule has 0 fully saturated rings. The topological polar surface area (TPSA) is 46.2 Å². The van der Waals surface area contributed by atoms with Gasteiger partial charge in [0.25, 0.3) is 0 Å². The van der Waals surface area contributed by atoms with Crippen LogP contribution in [0, 0.1) is 0 Å². The molecule has 2 aromatic rings. The van der Waals surface area contributed by atoms with E-state index in [4.69, 9.17) is 23.2 Å². The van der Waals surface area contributed by atoms with Crippen LogP contribution in [0.25, 0.3) is 0 Å². The van der Waals surface area contributed by atoms with Crippen molar-refractivity contribution in [1.29, 1.82) is 0 Å². The van der Waals surface area contributed by atoms with Crippen LogP contribution in [-0.2, 0) is 9.84 Å². The van der Waals surface area contributed by atoms with Crippen molar-refractivity contribution in [3.63, 3.8) is 0 Å². The Morgan fingerprint density at radius 3 is 2.29 bits per heavy atom. The molecule has 21 heavy (non-hydrogen) atoms. The number of hydrogen-bond donors (Lipinski definition) is 1.